The van der Waals surface area contributed by atoms with Gasteiger partial charge >= 0.3 is 0 Å². The van der Waals surface area contributed by atoms with Crippen LogP contribution >= 0.6 is 0 Å². The molecule has 3 heteroatoms. The molecule has 18 heavy (non-hydrogen) atoms. The quantitative estimate of drug-likeness (QED) is 0.840. The Morgan fingerprint density at radius 2 is 1.94 bits per heavy atom. The minimum absolute atomic E-state index is 0.169. The highest BCUT2D eigenvalue weighted by Gasteiger charge is 2.34. The molecule has 0 aliphatic heterocycles. The zero-order chi connectivity index (χ0) is 13.1. The summed E-state index contributed by atoms with van der Waals surface area (Å²) in [6, 6.07) is 7.74. The maximum atomic E-state index is 12.9. The van der Waals surface area contributed by atoms with Crippen LogP contribution in [-0.2, 0) is 6.42 Å². The smallest absolute Gasteiger partial charge is 0.123 e. The van der Waals surface area contributed by atoms with Gasteiger partial charge in [0.05, 0.1) is 0 Å². The van der Waals surface area contributed by atoms with Crippen molar-refractivity contribution in [1.29, 1.82) is 0 Å². The first kappa shape index (κ1) is 13.5. The van der Waals surface area contributed by atoms with E-state index in [2.05, 4.69) is 18.9 Å². The number of nitrogens with zero attached hydrogens (tertiary/aromatic N) is 1. The van der Waals surface area contributed by atoms with Gasteiger partial charge in [-0.25, -0.2) is 4.39 Å². The maximum Gasteiger partial charge on any atom is 0.123 e. The highest BCUT2D eigenvalue weighted by atomic mass is 19.1. The van der Waals surface area contributed by atoms with Crippen LogP contribution < -0.4 is 5.73 Å². The Balaban J connectivity index is 1.93. The van der Waals surface area contributed by atoms with Crippen LogP contribution in [0.2, 0.25) is 0 Å². The van der Waals surface area contributed by atoms with Gasteiger partial charge in [0.2, 0.25) is 0 Å². The first-order valence-corrected chi connectivity index (χ1v) is 6.78. The molecular weight excluding hydrogens is 227 g/mol. The highest BCUT2D eigenvalue weighted by molar-refractivity contribution is 5.17. The van der Waals surface area contributed by atoms with E-state index in [0.29, 0.717) is 12.1 Å². The molecule has 1 saturated carbocycles. The van der Waals surface area contributed by atoms with Crippen molar-refractivity contribution < 1.29 is 4.39 Å². The molecule has 1 fully saturated rings. The highest BCUT2D eigenvalue weighted by Crippen LogP contribution is 2.35. The van der Waals surface area contributed by atoms with Crippen LogP contribution in [0.1, 0.15) is 25.3 Å². The number of benzene rings is 1. The lowest BCUT2D eigenvalue weighted by Crippen LogP contribution is -2.45. The van der Waals surface area contributed by atoms with Gasteiger partial charge in [0.25, 0.3) is 0 Å². The van der Waals surface area contributed by atoms with Crippen molar-refractivity contribution in [2.75, 3.05) is 13.6 Å². The van der Waals surface area contributed by atoms with Crippen LogP contribution in [0.3, 0.4) is 0 Å². The Hall–Kier alpha value is -0.930. The largest absolute Gasteiger partial charge is 0.329 e. The van der Waals surface area contributed by atoms with E-state index in [0.717, 1.165) is 18.9 Å². The summed E-state index contributed by atoms with van der Waals surface area (Å²) in [4.78, 5) is 2.39. The van der Waals surface area contributed by atoms with Gasteiger partial charge in [-0.1, -0.05) is 12.1 Å². The van der Waals surface area contributed by atoms with Crippen LogP contribution in [0.4, 0.5) is 4.39 Å². The molecule has 2 unspecified atom stereocenters. The molecule has 0 bridgehead atoms. The van der Waals surface area contributed by atoms with E-state index in [1.54, 1.807) is 0 Å². The van der Waals surface area contributed by atoms with Crippen molar-refractivity contribution in [3.05, 3.63) is 35.6 Å². The second kappa shape index (κ2) is 5.81. The molecule has 1 aliphatic rings. The van der Waals surface area contributed by atoms with Crippen molar-refractivity contribution in [2.45, 2.75) is 38.3 Å². The predicted octanol–water partition coefficient (Wildman–Crippen LogP) is 2.43. The Morgan fingerprint density at radius 3 is 2.44 bits per heavy atom. The topological polar surface area (TPSA) is 29.3 Å². The summed E-state index contributed by atoms with van der Waals surface area (Å²) in [6.45, 7) is 2.95. The van der Waals surface area contributed by atoms with E-state index in [9.17, 15) is 4.39 Å². The summed E-state index contributed by atoms with van der Waals surface area (Å²) in [5.74, 6) is 0.619. The zero-order valence-electron chi connectivity index (χ0n) is 11.3. The van der Waals surface area contributed by atoms with E-state index in [1.807, 2.05) is 12.1 Å². The molecule has 2 atom stereocenters. The molecule has 2 rings (SSSR count). The summed E-state index contributed by atoms with van der Waals surface area (Å²) in [5.41, 5.74) is 7.06. The van der Waals surface area contributed by atoms with Crippen molar-refractivity contribution in [3.8, 4) is 0 Å². The van der Waals surface area contributed by atoms with E-state index >= 15 is 0 Å². The monoisotopic (exact) mass is 250 g/mol. The average Bonchev–Trinajstić information content (AvgIpc) is 3.17. The minimum Gasteiger partial charge on any atom is -0.329 e. The lowest BCUT2D eigenvalue weighted by Gasteiger charge is -2.32. The summed E-state index contributed by atoms with van der Waals surface area (Å²) in [5, 5.41) is 0. The SMILES string of the molecule is CC(Cc1ccc(F)cc1)N(C)C(CN)C1CC1. The maximum absolute atomic E-state index is 12.9. The number of halogens is 1. The summed E-state index contributed by atoms with van der Waals surface area (Å²) >= 11 is 0. The Morgan fingerprint density at radius 1 is 1.33 bits per heavy atom. The summed E-state index contributed by atoms with van der Waals surface area (Å²) < 4.78 is 12.9. The normalized spacial score (nSPS) is 18.9. The van der Waals surface area contributed by atoms with E-state index in [-0.39, 0.29) is 5.82 Å². The van der Waals surface area contributed by atoms with Crippen molar-refractivity contribution in [1.82, 2.24) is 4.90 Å². The number of nitrogens with two attached hydrogens (primary N) is 1. The molecule has 1 aromatic rings. The van der Waals surface area contributed by atoms with Crippen LogP contribution in [0.25, 0.3) is 0 Å². The number of likely N-dealkylation sites (N-methyl/N-ethyl adjacent to an activating group) is 1. The van der Waals surface area contributed by atoms with E-state index in [1.165, 1.54) is 30.5 Å². The molecule has 0 radical (unpaired) electrons. The molecule has 0 heterocycles. The molecule has 1 aliphatic carbocycles. The average molecular weight is 250 g/mol. The molecule has 0 saturated heterocycles. The lowest BCUT2D eigenvalue weighted by atomic mass is 10.0. The van der Waals surface area contributed by atoms with Crippen LogP contribution in [0.5, 0.6) is 0 Å². The summed E-state index contributed by atoms with van der Waals surface area (Å²) in [6.07, 6.45) is 3.57. The Kier molecular flexibility index (Phi) is 4.36. The lowest BCUT2D eigenvalue weighted by molar-refractivity contribution is 0.168. The third-order valence-electron chi connectivity index (χ3n) is 4.07. The molecule has 100 valence electrons. The zero-order valence-corrected chi connectivity index (χ0v) is 11.3. The number of rotatable bonds is 6. The van der Waals surface area contributed by atoms with Crippen LogP contribution in [-0.4, -0.2) is 30.6 Å². The summed E-state index contributed by atoms with van der Waals surface area (Å²) in [7, 11) is 2.16. The third kappa shape index (κ3) is 3.30. The van der Waals surface area contributed by atoms with Gasteiger partial charge in [-0.2, -0.15) is 0 Å². The second-order valence-corrected chi connectivity index (χ2v) is 5.49. The van der Waals surface area contributed by atoms with Gasteiger partial charge < -0.3 is 5.73 Å². The van der Waals surface area contributed by atoms with E-state index in [4.69, 9.17) is 5.73 Å². The molecule has 0 spiro atoms. The number of hydrogen-bond donors (Lipinski definition) is 1. The predicted molar refractivity (Wildman–Crippen MR) is 72.9 cm³/mol. The van der Waals surface area contributed by atoms with Gasteiger partial charge in [-0.05, 0) is 56.8 Å². The van der Waals surface area contributed by atoms with Crippen molar-refractivity contribution in [2.24, 2.45) is 11.7 Å². The third-order valence-corrected chi connectivity index (χ3v) is 4.07. The molecular formula is C15H23FN2. The minimum atomic E-state index is -0.169. The fourth-order valence-corrected chi connectivity index (χ4v) is 2.60. The van der Waals surface area contributed by atoms with Crippen molar-refractivity contribution in [3.63, 3.8) is 0 Å². The van der Waals surface area contributed by atoms with Gasteiger partial charge in [-0.15, -0.1) is 0 Å². The van der Waals surface area contributed by atoms with Gasteiger partial charge in [-0.3, -0.25) is 4.90 Å². The first-order valence-electron chi connectivity index (χ1n) is 6.78. The molecule has 0 amide bonds. The second-order valence-electron chi connectivity index (χ2n) is 5.49. The fraction of sp³-hybridized carbons (Fsp3) is 0.600. The van der Waals surface area contributed by atoms with Gasteiger partial charge in [0, 0.05) is 18.6 Å². The number of hydrogen-bond acceptors (Lipinski definition) is 2. The van der Waals surface area contributed by atoms with Crippen LogP contribution in [0, 0.1) is 11.7 Å². The van der Waals surface area contributed by atoms with E-state index < -0.39 is 0 Å². The van der Waals surface area contributed by atoms with Crippen molar-refractivity contribution >= 4 is 0 Å². The standard InChI is InChI=1S/C15H23FN2/c1-11(9-12-3-7-14(16)8-4-12)18(2)15(10-17)13-5-6-13/h3-4,7-8,11,13,15H,5-6,9-10,17H2,1-2H3. The molecule has 0 aromatic heterocycles. The van der Waals surface area contributed by atoms with Gasteiger partial charge in [0.1, 0.15) is 5.82 Å². The Labute approximate surface area is 109 Å². The molecule has 2 nitrogen and oxygen atoms in total. The van der Waals surface area contributed by atoms with Crippen LogP contribution in [0.15, 0.2) is 24.3 Å². The van der Waals surface area contributed by atoms with Gasteiger partial charge in [0.15, 0.2) is 0 Å². The molecule has 1 aromatic carbocycles. The Bertz CT molecular complexity index is 373. The molecule has 2 N–H and O–H groups in total. The fourth-order valence-electron chi connectivity index (χ4n) is 2.60. The first-order chi connectivity index (χ1) is 8.61.